The van der Waals surface area contributed by atoms with Gasteiger partial charge in [-0.1, -0.05) is 31.2 Å². The Balaban J connectivity index is 1.72. The van der Waals surface area contributed by atoms with Crippen LogP contribution in [0.3, 0.4) is 0 Å². The van der Waals surface area contributed by atoms with Gasteiger partial charge in [0, 0.05) is 18.4 Å². The van der Waals surface area contributed by atoms with Crippen molar-refractivity contribution in [1.82, 2.24) is 9.97 Å². The molecule has 2 aromatic carbocycles. The smallest absolute Gasteiger partial charge is 0.224 e. The van der Waals surface area contributed by atoms with Gasteiger partial charge in [0.05, 0.1) is 14.2 Å². The number of para-hydroxylation sites is 1. The number of hydrogen-bond donors (Lipinski definition) is 2. The van der Waals surface area contributed by atoms with Gasteiger partial charge in [0.1, 0.15) is 5.82 Å². The third-order valence-corrected chi connectivity index (χ3v) is 4.55. The molecule has 1 heterocycles. The lowest BCUT2D eigenvalue weighted by molar-refractivity contribution is 0.354. The van der Waals surface area contributed by atoms with E-state index in [1.165, 1.54) is 11.1 Å². The van der Waals surface area contributed by atoms with Crippen LogP contribution in [0.1, 0.15) is 23.6 Å². The highest BCUT2D eigenvalue weighted by Gasteiger charge is 2.08. The van der Waals surface area contributed by atoms with Crippen molar-refractivity contribution in [1.29, 1.82) is 0 Å². The van der Waals surface area contributed by atoms with E-state index in [1.807, 2.05) is 24.3 Å². The number of hydrogen-bond acceptors (Lipinski definition) is 6. The summed E-state index contributed by atoms with van der Waals surface area (Å²) in [6.07, 6.45) is 2.70. The Bertz CT molecular complexity index is 944. The fraction of sp³-hybridized carbons (Fsp3) is 0.273. The number of nitrogens with zero attached hydrogens (tertiary/aromatic N) is 2. The van der Waals surface area contributed by atoms with Gasteiger partial charge in [0.25, 0.3) is 0 Å². The lowest BCUT2D eigenvalue weighted by atomic mass is 10.1. The van der Waals surface area contributed by atoms with Crippen molar-refractivity contribution in [2.24, 2.45) is 0 Å². The second-order valence-corrected chi connectivity index (χ2v) is 6.40. The van der Waals surface area contributed by atoms with Crippen molar-refractivity contribution in [3.63, 3.8) is 0 Å². The summed E-state index contributed by atoms with van der Waals surface area (Å²) < 4.78 is 10.6. The van der Waals surface area contributed by atoms with Crippen molar-refractivity contribution in [3.8, 4) is 11.5 Å². The van der Waals surface area contributed by atoms with Gasteiger partial charge in [-0.25, -0.2) is 4.98 Å². The van der Waals surface area contributed by atoms with Crippen molar-refractivity contribution in [2.75, 3.05) is 24.9 Å². The van der Waals surface area contributed by atoms with Crippen LogP contribution in [0.5, 0.6) is 11.5 Å². The molecule has 0 aliphatic carbocycles. The van der Waals surface area contributed by atoms with Crippen LogP contribution in [0.15, 0.2) is 48.7 Å². The number of anilines is 3. The molecule has 0 saturated carbocycles. The largest absolute Gasteiger partial charge is 0.493 e. The summed E-state index contributed by atoms with van der Waals surface area (Å²) in [4.78, 5) is 8.91. The number of nitrogens with one attached hydrogen (secondary N) is 2. The first-order chi connectivity index (χ1) is 13.6. The number of rotatable bonds is 8. The molecule has 6 nitrogen and oxygen atoms in total. The van der Waals surface area contributed by atoms with Gasteiger partial charge in [0.15, 0.2) is 11.5 Å². The summed E-state index contributed by atoms with van der Waals surface area (Å²) in [5.41, 5.74) is 4.61. The Kier molecular flexibility index (Phi) is 6.32. The monoisotopic (exact) mass is 378 g/mol. The summed E-state index contributed by atoms with van der Waals surface area (Å²) >= 11 is 0. The average Bonchev–Trinajstić information content (AvgIpc) is 2.73. The zero-order chi connectivity index (χ0) is 19.9. The number of ether oxygens (including phenoxy) is 2. The molecule has 0 atom stereocenters. The van der Waals surface area contributed by atoms with E-state index in [-0.39, 0.29) is 0 Å². The molecule has 2 N–H and O–H groups in total. The average molecular weight is 378 g/mol. The Morgan fingerprint density at radius 1 is 1.00 bits per heavy atom. The van der Waals surface area contributed by atoms with E-state index < -0.39 is 0 Å². The second-order valence-electron chi connectivity index (χ2n) is 6.40. The summed E-state index contributed by atoms with van der Waals surface area (Å²) in [7, 11) is 3.25. The number of aryl methyl sites for hydroxylation is 2. The Hall–Kier alpha value is -3.28. The molecular weight excluding hydrogens is 352 g/mol. The maximum absolute atomic E-state index is 5.35. The van der Waals surface area contributed by atoms with Gasteiger partial charge in [-0.3, -0.25) is 0 Å². The van der Waals surface area contributed by atoms with Crippen LogP contribution in [0.2, 0.25) is 0 Å². The highest BCUT2D eigenvalue weighted by Crippen LogP contribution is 2.28. The molecule has 3 aromatic rings. The Labute approximate surface area is 166 Å². The van der Waals surface area contributed by atoms with Crippen LogP contribution in [0, 0.1) is 6.92 Å². The molecule has 146 valence electrons. The van der Waals surface area contributed by atoms with Gasteiger partial charge >= 0.3 is 0 Å². The van der Waals surface area contributed by atoms with Crippen molar-refractivity contribution >= 4 is 17.5 Å². The SMILES string of the molecule is CCc1cccc(C)c1Nc1ccnc(NCc2ccc(OC)c(OC)c2)n1. The molecule has 0 spiro atoms. The van der Waals surface area contributed by atoms with Gasteiger partial charge in [-0.05, 0) is 48.2 Å². The van der Waals surface area contributed by atoms with E-state index in [9.17, 15) is 0 Å². The summed E-state index contributed by atoms with van der Waals surface area (Å²) in [5.74, 6) is 2.73. The van der Waals surface area contributed by atoms with Crippen LogP contribution in [-0.4, -0.2) is 24.2 Å². The third kappa shape index (κ3) is 4.52. The van der Waals surface area contributed by atoms with Crippen LogP contribution < -0.4 is 20.1 Å². The van der Waals surface area contributed by atoms with E-state index in [0.29, 0.717) is 24.0 Å². The van der Waals surface area contributed by atoms with Gasteiger partial charge in [0.2, 0.25) is 5.95 Å². The molecule has 0 saturated heterocycles. The second kappa shape index (κ2) is 9.08. The van der Waals surface area contributed by atoms with Crippen molar-refractivity contribution in [2.45, 2.75) is 26.8 Å². The zero-order valence-electron chi connectivity index (χ0n) is 16.7. The molecule has 6 heteroatoms. The molecule has 3 rings (SSSR count). The number of benzene rings is 2. The van der Waals surface area contributed by atoms with Crippen molar-refractivity contribution in [3.05, 3.63) is 65.4 Å². The number of methoxy groups -OCH3 is 2. The molecule has 0 bridgehead atoms. The fourth-order valence-corrected chi connectivity index (χ4v) is 3.02. The van der Waals surface area contributed by atoms with Gasteiger partial charge < -0.3 is 20.1 Å². The van der Waals surface area contributed by atoms with E-state index in [0.717, 1.165) is 23.5 Å². The molecule has 0 aliphatic rings. The maximum atomic E-state index is 5.35. The van der Waals surface area contributed by atoms with Crippen molar-refractivity contribution < 1.29 is 9.47 Å². The van der Waals surface area contributed by atoms with E-state index in [2.05, 4.69) is 52.6 Å². The minimum absolute atomic E-state index is 0.561. The minimum Gasteiger partial charge on any atom is -0.493 e. The molecule has 0 fully saturated rings. The zero-order valence-corrected chi connectivity index (χ0v) is 16.7. The van der Waals surface area contributed by atoms with Gasteiger partial charge in [-0.2, -0.15) is 4.98 Å². The lowest BCUT2D eigenvalue weighted by Gasteiger charge is -2.14. The first kappa shape index (κ1) is 19.5. The van der Waals surface area contributed by atoms with Crippen LogP contribution in [0.25, 0.3) is 0 Å². The molecule has 28 heavy (non-hydrogen) atoms. The van der Waals surface area contributed by atoms with E-state index >= 15 is 0 Å². The van der Waals surface area contributed by atoms with Crippen LogP contribution in [0.4, 0.5) is 17.5 Å². The van der Waals surface area contributed by atoms with Gasteiger partial charge in [-0.15, -0.1) is 0 Å². The van der Waals surface area contributed by atoms with Crippen LogP contribution >= 0.6 is 0 Å². The molecule has 1 aromatic heterocycles. The van der Waals surface area contributed by atoms with E-state index in [4.69, 9.17) is 9.47 Å². The fourth-order valence-electron chi connectivity index (χ4n) is 3.02. The molecule has 0 unspecified atom stereocenters. The maximum Gasteiger partial charge on any atom is 0.224 e. The normalized spacial score (nSPS) is 10.4. The Morgan fingerprint density at radius 2 is 1.82 bits per heavy atom. The first-order valence-corrected chi connectivity index (χ1v) is 9.28. The topological polar surface area (TPSA) is 68.3 Å². The first-order valence-electron chi connectivity index (χ1n) is 9.28. The molecule has 0 aliphatic heterocycles. The summed E-state index contributed by atoms with van der Waals surface area (Å²) in [6.45, 7) is 4.82. The molecular formula is C22H26N4O2. The molecule has 0 radical (unpaired) electrons. The Morgan fingerprint density at radius 3 is 2.57 bits per heavy atom. The van der Waals surface area contributed by atoms with E-state index in [1.54, 1.807) is 20.4 Å². The predicted octanol–water partition coefficient (Wildman–Crippen LogP) is 4.72. The summed E-state index contributed by atoms with van der Waals surface area (Å²) in [5, 5.41) is 6.70. The number of aromatic nitrogens is 2. The highest BCUT2D eigenvalue weighted by molar-refractivity contribution is 5.65. The highest BCUT2D eigenvalue weighted by atomic mass is 16.5. The summed E-state index contributed by atoms with van der Waals surface area (Å²) in [6, 6.07) is 14.0. The predicted molar refractivity (Wildman–Crippen MR) is 113 cm³/mol. The third-order valence-electron chi connectivity index (χ3n) is 4.55. The standard InChI is InChI=1S/C22H26N4O2/c1-5-17-8-6-7-15(2)21(17)25-20-11-12-23-22(26-20)24-14-16-9-10-18(27-3)19(13-16)28-4/h6-13H,5,14H2,1-4H3,(H2,23,24,25,26). The lowest BCUT2D eigenvalue weighted by Crippen LogP contribution is -2.06. The minimum atomic E-state index is 0.561. The van der Waals surface area contributed by atoms with Crippen LogP contribution in [-0.2, 0) is 13.0 Å². The molecule has 0 amide bonds. The quantitative estimate of drug-likeness (QED) is 0.591.